The highest BCUT2D eigenvalue weighted by Gasteiger charge is 2.19. The number of nitrogens with one attached hydrogen (secondary N) is 1. The first-order valence-electron chi connectivity index (χ1n) is 6.07. The highest BCUT2D eigenvalue weighted by molar-refractivity contribution is 7.98. The van der Waals surface area contributed by atoms with Crippen molar-refractivity contribution in [2.45, 2.75) is 12.1 Å². The maximum atomic E-state index is 12.2. The van der Waals surface area contributed by atoms with E-state index in [1.165, 1.54) is 35.7 Å². The molecule has 0 unspecified atom stereocenters. The van der Waals surface area contributed by atoms with Crippen LogP contribution in [0.3, 0.4) is 0 Å². The van der Waals surface area contributed by atoms with Crippen molar-refractivity contribution in [3.63, 3.8) is 0 Å². The van der Waals surface area contributed by atoms with E-state index in [1.54, 1.807) is 13.2 Å². The number of nitro benzene ring substituents is 1. The van der Waals surface area contributed by atoms with E-state index in [1.807, 2.05) is 0 Å². The summed E-state index contributed by atoms with van der Waals surface area (Å²) in [4.78, 5) is 22.6. The molecule has 0 fully saturated rings. The normalized spacial score (nSPS) is 10.3. The molecule has 1 heterocycles. The Morgan fingerprint density at radius 2 is 2.18 bits per heavy atom. The number of nitrogens with zero attached hydrogens (tertiary/aromatic N) is 4. The summed E-state index contributed by atoms with van der Waals surface area (Å²) < 4.78 is 6.32. The third kappa shape index (κ3) is 3.01. The molecule has 0 atom stereocenters. The highest BCUT2D eigenvalue weighted by atomic mass is 32.2. The summed E-state index contributed by atoms with van der Waals surface area (Å²) in [5.41, 5.74) is 2.45. The largest absolute Gasteiger partial charge is 0.490 e. The van der Waals surface area contributed by atoms with Crippen LogP contribution in [0, 0.1) is 17.0 Å². The number of carbonyl (C=O) groups is 1. The molecule has 1 aromatic heterocycles. The van der Waals surface area contributed by atoms with Crippen molar-refractivity contribution < 1.29 is 14.5 Å². The number of aryl methyl sites for hydroxylation is 1. The number of ether oxygens (including phenoxy) is 1. The lowest BCUT2D eigenvalue weighted by Crippen LogP contribution is -2.24. The van der Waals surface area contributed by atoms with Gasteiger partial charge in [-0.05, 0) is 25.3 Å². The molecule has 0 aliphatic heterocycles. The number of hydrogen-bond donors (Lipinski definition) is 1. The van der Waals surface area contributed by atoms with Crippen LogP contribution in [-0.2, 0) is 0 Å². The smallest absolute Gasteiger partial charge is 0.311 e. The Morgan fingerprint density at radius 3 is 2.77 bits per heavy atom. The molecule has 1 aromatic carbocycles. The lowest BCUT2D eigenvalue weighted by molar-refractivity contribution is -0.385. The average Bonchev–Trinajstić information content (AvgIpc) is 2.86. The summed E-state index contributed by atoms with van der Waals surface area (Å²) >= 11 is 1.31. The van der Waals surface area contributed by atoms with Crippen molar-refractivity contribution >= 4 is 23.4 Å². The number of carbonyl (C=O) groups excluding carboxylic acids is 1. The van der Waals surface area contributed by atoms with E-state index in [9.17, 15) is 14.9 Å². The minimum absolute atomic E-state index is 0.0897. The number of aromatic nitrogens is 3. The van der Waals surface area contributed by atoms with Gasteiger partial charge in [-0.15, -0.1) is 10.2 Å². The quantitative estimate of drug-likeness (QED) is 0.505. The summed E-state index contributed by atoms with van der Waals surface area (Å²) in [6, 6.07) is 3.98. The molecule has 2 rings (SSSR count). The molecule has 0 bridgehead atoms. The molecule has 1 N–H and O–H groups in total. The fourth-order valence-corrected chi connectivity index (χ4v) is 2.23. The fourth-order valence-electron chi connectivity index (χ4n) is 1.74. The average molecular weight is 323 g/mol. The second-order valence-corrected chi connectivity index (χ2v) is 4.93. The molecule has 22 heavy (non-hydrogen) atoms. The monoisotopic (exact) mass is 323 g/mol. The topological polar surface area (TPSA) is 112 Å². The molecule has 0 saturated heterocycles. The van der Waals surface area contributed by atoms with E-state index >= 15 is 0 Å². The summed E-state index contributed by atoms with van der Waals surface area (Å²) in [6.07, 6.45) is 1.80. The first-order chi connectivity index (χ1) is 10.5. The molecule has 0 spiro atoms. The zero-order valence-corrected chi connectivity index (χ0v) is 12.9. The number of hydrogen-bond acceptors (Lipinski definition) is 7. The molecule has 9 nitrogen and oxygen atoms in total. The summed E-state index contributed by atoms with van der Waals surface area (Å²) in [7, 11) is 1.33. The van der Waals surface area contributed by atoms with E-state index < -0.39 is 10.8 Å². The summed E-state index contributed by atoms with van der Waals surface area (Å²) in [5.74, 6) is 0.0801. The van der Waals surface area contributed by atoms with Gasteiger partial charge in [-0.1, -0.05) is 11.8 Å². The van der Waals surface area contributed by atoms with Crippen molar-refractivity contribution in [1.82, 2.24) is 14.9 Å². The maximum Gasteiger partial charge on any atom is 0.311 e. The Labute approximate surface area is 129 Å². The Hall–Kier alpha value is -2.62. The molecule has 10 heteroatoms. The number of thioether (sulfide) groups is 1. The number of nitro groups is 1. The van der Waals surface area contributed by atoms with Gasteiger partial charge in [0.05, 0.1) is 12.0 Å². The number of rotatable bonds is 5. The zero-order chi connectivity index (χ0) is 16.3. The minimum atomic E-state index is -0.604. The van der Waals surface area contributed by atoms with Gasteiger partial charge in [-0.25, -0.2) is 4.68 Å². The van der Waals surface area contributed by atoms with Crippen LogP contribution >= 0.6 is 11.8 Å². The van der Waals surface area contributed by atoms with E-state index in [4.69, 9.17) is 4.74 Å². The van der Waals surface area contributed by atoms with Gasteiger partial charge < -0.3 is 4.74 Å². The molecule has 116 valence electrons. The van der Waals surface area contributed by atoms with Gasteiger partial charge in [0.15, 0.2) is 5.75 Å². The van der Waals surface area contributed by atoms with Gasteiger partial charge in [0.2, 0.25) is 5.16 Å². The second-order valence-electron chi connectivity index (χ2n) is 4.15. The van der Waals surface area contributed by atoms with Crippen LogP contribution in [0.4, 0.5) is 5.69 Å². The van der Waals surface area contributed by atoms with Gasteiger partial charge in [0.25, 0.3) is 5.91 Å². The molecule has 1 amide bonds. The van der Waals surface area contributed by atoms with E-state index in [0.29, 0.717) is 11.0 Å². The molecular formula is C12H13N5O4S. The van der Waals surface area contributed by atoms with Crippen LogP contribution in [-0.4, -0.2) is 39.1 Å². The molecule has 2 aromatic rings. The molecular weight excluding hydrogens is 310 g/mol. The Kier molecular flexibility index (Phi) is 4.61. The van der Waals surface area contributed by atoms with Crippen LogP contribution in [0.25, 0.3) is 0 Å². The SMILES string of the molecule is COc1ccc(C(=O)Nn2c(C)nnc2SC)cc1[N+](=O)[O-]. The lowest BCUT2D eigenvalue weighted by atomic mass is 10.2. The number of amides is 1. The molecule has 0 radical (unpaired) electrons. The highest BCUT2D eigenvalue weighted by Crippen LogP contribution is 2.27. The van der Waals surface area contributed by atoms with Crippen molar-refractivity contribution in [3.05, 3.63) is 39.7 Å². The maximum absolute atomic E-state index is 12.2. The van der Waals surface area contributed by atoms with Gasteiger partial charge >= 0.3 is 5.69 Å². The molecule has 0 aliphatic rings. The van der Waals surface area contributed by atoms with Crippen molar-refractivity contribution in [3.8, 4) is 5.75 Å². The van der Waals surface area contributed by atoms with Crippen LogP contribution in [0.5, 0.6) is 5.75 Å². The van der Waals surface area contributed by atoms with Gasteiger partial charge in [0.1, 0.15) is 5.82 Å². The number of benzene rings is 1. The number of methoxy groups -OCH3 is 1. The third-order valence-corrected chi connectivity index (χ3v) is 3.46. The van der Waals surface area contributed by atoms with Gasteiger partial charge in [-0.3, -0.25) is 20.3 Å². The first-order valence-corrected chi connectivity index (χ1v) is 7.30. The van der Waals surface area contributed by atoms with Gasteiger partial charge in [0, 0.05) is 11.6 Å². The van der Waals surface area contributed by atoms with Crippen LogP contribution in [0.15, 0.2) is 23.4 Å². The Balaban J connectivity index is 2.32. The summed E-state index contributed by atoms with van der Waals surface area (Å²) in [6.45, 7) is 1.68. The van der Waals surface area contributed by atoms with E-state index in [-0.39, 0.29) is 17.0 Å². The van der Waals surface area contributed by atoms with Crippen LogP contribution < -0.4 is 10.2 Å². The lowest BCUT2D eigenvalue weighted by Gasteiger charge is -2.09. The van der Waals surface area contributed by atoms with Crippen LogP contribution in [0.2, 0.25) is 0 Å². The predicted molar refractivity (Wildman–Crippen MR) is 79.9 cm³/mol. The predicted octanol–water partition coefficient (Wildman–Crippen LogP) is 1.61. The van der Waals surface area contributed by atoms with Crippen molar-refractivity contribution in [1.29, 1.82) is 0 Å². The van der Waals surface area contributed by atoms with E-state index in [2.05, 4.69) is 15.6 Å². The Bertz CT molecular complexity index is 730. The second kappa shape index (κ2) is 6.43. The zero-order valence-electron chi connectivity index (χ0n) is 12.1. The standard InChI is InChI=1S/C12H13N5O4S/c1-7-13-14-12(22-3)16(7)15-11(18)8-4-5-10(21-2)9(6-8)17(19)20/h4-6H,1-3H3,(H,15,18). The van der Waals surface area contributed by atoms with Crippen molar-refractivity contribution in [2.75, 3.05) is 18.8 Å². The van der Waals surface area contributed by atoms with Gasteiger partial charge in [-0.2, -0.15) is 0 Å². The first kappa shape index (κ1) is 15.8. The minimum Gasteiger partial charge on any atom is -0.490 e. The summed E-state index contributed by atoms with van der Waals surface area (Å²) in [5, 5.41) is 19.2. The van der Waals surface area contributed by atoms with E-state index in [0.717, 1.165) is 6.07 Å². The molecule has 0 aliphatic carbocycles. The fraction of sp³-hybridized carbons (Fsp3) is 0.250. The molecule has 0 saturated carbocycles. The van der Waals surface area contributed by atoms with Crippen LogP contribution in [0.1, 0.15) is 16.2 Å². The van der Waals surface area contributed by atoms with Crippen molar-refractivity contribution in [2.24, 2.45) is 0 Å². The third-order valence-electron chi connectivity index (χ3n) is 2.83. The Morgan fingerprint density at radius 1 is 1.45 bits per heavy atom.